The number of hydrogen-bond donors (Lipinski definition) is 0. The fraction of sp³-hybridized carbons (Fsp3) is 0.966. The van der Waals surface area contributed by atoms with Crippen LogP contribution in [-0.4, -0.2) is 0 Å². The van der Waals surface area contributed by atoms with E-state index in [2.05, 4.69) is 19.9 Å². The number of rotatable bonds is 15. The van der Waals surface area contributed by atoms with Gasteiger partial charge in [-0.25, -0.2) is 0 Å². The summed E-state index contributed by atoms with van der Waals surface area (Å²) in [5.74, 6) is 2.98. The minimum absolute atomic E-state index is 0.0396. The van der Waals surface area contributed by atoms with Crippen molar-refractivity contribution in [3.8, 4) is 6.07 Å². The van der Waals surface area contributed by atoms with Gasteiger partial charge in [0.1, 0.15) is 0 Å². The molecule has 174 valence electrons. The molecule has 0 aromatic carbocycles. The first-order valence-electron chi connectivity index (χ1n) is 14.1. The zero-order valence-electron chi connectivity index (χ0n) is 20.7. The molecule has 30 heavy (non-hydrogen) atoms. The van der Waals surface area contributed by atoms with E-state index in [1.807, 2.05) is 0 Å². The minimum atomic E-state index is 0.0396. The maximum absolute atomic E-state index is 9.84. The van der Waals surface area contributed by atoms with Crippen molar-refractivity contribution in [2.75, 3.05) is 0 Å². The Hall–Kier alpha value is -0.510. The third kappa shape index (κ3) is 9.75. The summed E-state index contributed by atoms with van der Waals surface area (Å²) >= 11 is 0. The Balaban J connectivity index is 1.54. The third-order valence-corrected chi connectivity index (χ3v) is 8.72. The van der Waals surface area contributed by atoms with Crippen LogP contribution in [0.15, 0.2) is 0 Å². The van der Waals surface area contributed by atoms with Gasteiger partial charge in [-0.15, -0.1) is 0 Å². The van der Waals surface area contributed by atoms with Gasteiger partial charge in [-0.3, -0.25) is 0 Å². The van der Waals surface area contributed by atoms with Crippen molar-refractivity contribution in [3.05, 3.63) is 0 Å². The van der Waals surface area contributed by atoms with Crippen molar-refractivity contribution >= 4 is 0 Å². The number of nitrogens with zero attached hydrogens (tertiary/aromatic N) is 1. The van der Waals surface area contributed by atoms with Gasteiger partial charge in [0.2, 0.25) is 0 Å². The average molecular weight is 416 g/mol. The standard InChI is InChI=1S/C29H53N/c1-3-5-7-9-11-13-26-14-16-27(17-15-26)18-19-28-20-23-29(25-30,24-21-28)22-12-10-8-6-4-2/h26-28H,3-24H2,1-2H3/t26-,27-,28-,29-. The molecule has 2 aliphatic rings. The smallest absolute Gasteiger partial charge is 0.0689 e. The van der Waals surface area contributed by atoms with E-state index < -0.39 is 0 Å². The minimum Gasteiger partial charge on any atom is -0.198 e. The van der Waals surface area contributed by atoms with Crippen molar-refractivity contribution < 1.29 is 0 Å². The molecule has 1 heteroatoms. The van der Waals surface area contributed by atoms with Gasteiger partial charge >= 0.3 is 0 Å². The topological polar surface area (TPSA) is 23.8 Å². The van der Waals surface area contributed by atoms with E-state index in [9.17, 15) is 5.26 Å². The summed E-state index contributed by atoms with van der Waals surface area (Å²) in [5, 5.41) is 9.84. The average Bonchev–Trinajstić information content (AvgIpc) is 2.79. The molecule has 0 spiro atoms. The third-order valence-electron chi connectivity index (χ3n) is 8.72. The number of hydrogen-bond acceptors (Lipinski definition) is 1. The lowest BCUT2D eigenvalue weighted by molar-refractivity contribution is 0.170. The quantitative estimate of drug-likeness (QED) is 0.244. The molecule has 0 N–H and O–H groups in total. The summed E-state index contributed by atoms with van der Waals surface area (Å²) in [6, 6.07) is 2.77. The molecule has 0 heterocycles. The van der Waals surface area contributed by atoms with E-state index in [-0.39, 0.29) is 5.41 Å². The van der Waals surface area contributed by atoms with Crippen LogP contribution in [0.25, 0.3) is 0 Å². The highest BCUT2D eigenvalue weighted by Crippen LogP contribution is 2.44. The summed E-state index contributed by atoms with van der Waals surface area (Å²) in [5.41, 5.74) is 0.0396. The van der Waals surface area contributed by atoms with Crippen LogP contribution < -0.4 is 0 Å². The van der Waals surface area contributed by atoms with Gasteiger partial charge < -0.3 is 0 Å². The Morgan fingerprint density at radius 2 is 1.07 bits per heavy atom. The Labute approximate surface area is 189 Å². The van der Waals surface area contributed by atoms with E-state index in [0.717, 1.165) is 17.8 Å². The zero-order chi connectivity index (χ0) is 21.5. The van der Waals surface area contributed by atoms with Crippen LogP contribution in [0, 0.1) is 34.5 Å². The molecule has 0 unspecified atom stereocenters. The van der Waals surface area contributed by atoms with E-state index in [0.29, 0.717) is 0 Å². The predicted octanol–water partition coefficient (Wildman–Crippen LogP) is 9.99. The lowest BCUT2D eigenvalue weighted by Gasteiger charge is -2.36. The fourth-order valence-corrected chi connectivity index (χ4v) is 6.32. The second-order valence-corrected chi connectivity index (χ2v) is 11.2. The van der Waals surface area contributed by atoms with Crippen LogP contribution in [0.5, 0.6) is 0 Å². The lowest BCUT2D eigenvalue weighted by Crippen LogP contribution is -2.26. The Morgan fingerprint density at radius 1 is 0.600 bits per heavy atom. The molecule has 0 saturated heterocycles. The van der Waals surface area contributed by atoms with Crippen LogP contribution in [0.3, 0.4) is 0 Å². The van der Waals surface area contributed by atoms with Gasteiger partial charge in [0.15, 0.2) is 0 Å². The van der Waals surface area contributed by atoms with E-state index in [1.165, 1.54) is 141 Å². The molecule has 0 atom stereocenters. The molecule has 0 radical (unpaired) electrons. The van der Waals surface area contributed by atoms with Crippen molar-refractivity contribution in [1.82, 2.24) is 0 Å². The maximum atomic E-state index is 9.84. The normalized spacial score (nSPS) is 29.6. The molecule has 2 fully saturated rings. The molecule has 2 saturated carbocycles. The molecule has 0 aliphatic heterocycles. The van der Waals surface area contributed by atoms with Crippen molar-refractivity contribution in [1.29, 1.82) is 5.26 Å². The van der Waals surface area contributed by atoms with Gasteiger partial charge in [0.25, 0.3) is 0 Å². The van der Waals surface area contributed by atoms with Crippen molar-refractivity contribution in [2.45, 2.75) is 155 Å². The number of nitriles is 1. The monoisotopic (exact) mass is 415 g/mol. The molecule has 2 rings (SSSR count). The van der Waals surface area contributed by atoms with Crippen molar-refractivity contribution in [2.24, 2.45) is 23.2 Å². The molecule has 0 amide bonds. The summed E-state index contributed by atoms with van der Waals surface area (Å²) < 4.78 is 0. The Bertz CT molecular complexity index is 445. The van der Waals surface area contributed by atoms with Gasteiger partial charge in [-0.05, 0) is 49.9 Å². The molecule has 0 bridgehead atoms. The van der Waals surface area contributed by atoms with Crippen LogP contribution in [0.4, 0.5) is 0 Å². The Morgan fingerprint density at radius 3 is 1.60 bits per heavy atom. The summed E-state index contributed by atoms with van der Waals surface area (Å²) in [7, 11) is 0. The predicted molar refractivity (Wildman–Crippen MR) is 131 cm³/mol. The molecular formula is C29H53N. The van der Waals surface area contributed by atoms with Gasteiger partial charge in [0, 0.05) is 0 Å². The molecule has 0 aromatic heterocycles. The van der Waals surface area contributed by atoms with Gasteiger partial charge in [-0.2, -0.15) is 5.26 Å². The highest BCUT2D eigenvalue weighted by molar-refractivity contribution is 5.01. The Kier molecular flexibility index (Phi) is 13.1. The van der Waals surface area contributed by atoms with Gasteiger partial charge in [0.05, 0.1) is 11.5 Å². The van der Waals surface area contributed by atoms with Gasteiger partial charge in [-0.1, -0.05) is 123 Å². The number of unbranched alkanes of at least 4 members (excludes halogenated alkanes) is 8. The van der Waals surface area contributed by atoms with Crippen LogP contribution in [0.2, 0.25) is 0 Å². The van der Waals surface area contributed by atoms with E-state index in [4.69, 9.17) is 0 Å². The second kappa shape index (κ2) is 15.3. The summed E-state index contributed by atoms with van der Waals surface area (Å²) in [6.07, 6.45) is 30.5. The fourth-order valence-electron chi connectivity index (χ4n) is 6.32. The summed E-state index contributed by atoms with van der Waals surface area (Å²) in [6.45, 7) is 4.59. The first-order valence-corrected chi connectivity index (χ1v) is 14.1. The maximum Gasteiger partial charge on any atom is 0.0689 e. The first-order chi connectivity index (χ1) is 14.7. The molecule has 0 aromatic rings. The molecular weight excluding hydrogens is 362 g/mol. The zero-order valence-corrected chi connectivity index (χ0v) is 20.7. The van der Waals surface area contributed by atoms with E-state index in [1.54, 1.807) is 0 Å². The molecule has 1 nitrogen and oxygen atoms in total. The summed E-state index contributed by atoms with van der Waals surface area (Å²) in [4.78, 5) is 0. The first kappa shape index (κ1) is 25.7. The largest absolute Gasteiger partial charge is 0.198 e. The SMILES string of the molecule is CCCCCCC[C@H]1CC[C@H](CC[C@H]2CC[C@@](C#N)(CCCCCCC)CC2)CC1. The highest BCUT2D eigenvalue weighted by Gasteiger charge is 2.35. The van der Waals surface area contributed by atoms with Crippen molar-refractivity contribution in [3.63, 3.8) is 0 Å². The molecule has 2 aliphatic carbocycles. The second-order valence-electron chi connectivity index (χ2n) is 11.2. The highest BCUT2D eigenvalue weighted by atomic mass is 14.4. The van der Waals surface area contributed by atoms with E-state index >= 15 is 0 Å². The van der Waals surface area contributed by atoms with Crippen LogP contribution >= 0.6 is 0 Å². The lowest BCUT2D eigenvalue weighted by atomic mass is 9.67. The van der Waals surface area contributed by atoms with Crippen LogP contribution in [-0.2, 0) is 0 Å². The van der Waals surface area contributed by atoms with Crippen LogP contribution in [0.1, 0.15) is 155 Å².